The predicted molar refractivity (Wildman–Crippen MR) is 105 cm³/mol. The number of methoxy groups -OCH3 is 1. The lowest BCUT2D eigenvalue weighted by atomic mass is 10.0. The van der Waals surface area contributed by atoms with Gasteiger partial charge < -0.3 is 10.1 Å². The summed E-state index contributed by atoms with van der Waals surface area (Å²) in [5, 5.41) is 3.37. The number of carbonyl (C=O) groups is 1. The molecule has 1 heterocycles. The van der Waals surface area contributed by atoms with E-state index in [-0.39, 0.29) is 11.8 Å². The van der Waals surface area contributed by atoms with Crippen molar-refractivity contribution in [2.45, 2.75) is 19.5 Å². The Hall–Kier alpha value is -2.43. The second-order valence-corrected chi connectivity index (χ2v) is 6.69. The number of carbonyl (C=O) groups excluding carboxylic acids is 1. The summed E-state index contributed by atoms with van der Waals surface area (Å²) in [6.45, 7) is 5.24. The van der Waals surface area contributed by atoms with E-state index in [0.717, 1.165) is 43.1 Å². The highest BCUT2D eigenvalue weighted by Gasteiger charge is 2.26. The average molecular weight is 350 g/mol. The molecule has 1 fully saturated rings. The van der Waals surface area contributed by atoms with Gasteiger partial charge in [0.2, 0.25) is 0 Å². The van der Waals surface area contributed by atoms with Crippen LogP contribution in [-0.4, -0.2) is 43.5 Å². The van der Waals surface area contributed by atoms with E-state index in [1.165, 1.54) is 5.56 Å². The fraction of sp³-hybridized carbons (Fsp3) is 0.318. The Morgan fingerprint density at radius 3 is 2.62 bits per heavy atom. The van der Waals surface area contributed by atoms with E-state index in [4.69, 9.17) is 4.74 Å². The Morgan fingerprint density at radius 2 is 1.92 bits per heavy atom. The minimum Gasteiger partial charge on any atom is -0.497 e. The number of nitrogens with one attached hydrogen (secondary N) is 1. The summed E-state index contributed by atoms with van der Waals surface area (Å²) in [4.78, 5) is 15.1. The standard InChI is InChI=1S/C22H26N2O2/c1-17(14-18-6-4-3-5-7-18)22(25)21-16-24(13-12-23-21)15-19-8-10-20(26-2)11-9-19/h3-11,14,21,23H,12-13,15-16H2,1-2H3. The molecule has 1 aliphatic heterocycles. The number of hydrogen-bond acceptors (Lipinski definition) is 4. The number of piperazine rings is 1. The van der Waals surface area contributed by atoms with Gasteiger partial charge in [0.05, 0.1) is 13.2 Å². The number of ketones is 1. The van der Waals surface area contributed by atoms with Crippen LogP contribution in [0.15, 0.2) is 60.2 Å². The van der Waals surface area contributed by atoms with Crippen molar-refractivity contribution in [3.8, 4) is 5.75 Å². The maximum atomic E-state index is 12.8. The normalized spacial score (nSPS) is 18.5. The number of Topliss-reactive ketones (excluding diaryl/α,β-unsaturated/α-hetero) is 1. The van der Waals surface area contributed by atoms with Gasteiger partial charge in [-0.05, 0) is 41.8 Å². The number of ether oxygens (including phenoxy) is 1. The highest BCUT2D eigenvalue weighted by Crippen LogP contribution is 2.15. The Morgan fingerprint density at radius 1 is 1.19 bits per heavy atom. The number of nitrogens with zero attached hydrogens (tertiary/aromatic N) is 1. The van der Waals surface area contributed by atoms with Crippen LogP contribution in [0.5, 0.6) is 5.75 Å². The van der Waals surface area contributed by atoms with Gasteiger partial charge in [0.25, 0.3) is 0 Å². The summed E-state index contributed by atoms with van der Waals surface area (Å²) in [5.41, 5.74) is 3.08. The third-order valence-corrected chi connectivity index (χ3v) is 4.71. The SMILES string of the molecule is COc1ccc(CN2CCNC(C(=O)C(C)=Cc3ccccc3)C2)cc1. The first-order chi connectivity index (χ1) is 12.7. The lowest BCUT2D eigenvalue weighted by molar-refractivity contribution is -0.118. The molecule has 1 aliphatic rings. The fourth-order valence-electron chi connectivity index (χ4n) is 3.26. The van der Waals surface area contributed by atoms with E-state index in [9.17, 15) is 4.79 Å². The number of rotatable bonds is 6. The van der Waals surface area contributed by atoms with Crippen molar-refractivity contribution < 1.29 is 9.53 Å². The Balaban J connectivity index is 1.62. The highest BCUT2D eigenvalue weighted by atomic mass is 16.5. The summed E-state index contributed by atoms with van der Waals surface area (Å²) in [7, 11) is 1.67. The third kappa shape index (κ3) is 4.81. The Labute approximate surface area is 155 Å². The molecular formula is C22H26N2O2. The predicted octanol–water partition coefficient (Wildman–Crippen LogP) is 3.14. The van der Waals surface area contributed by atoms with E-state index < -0.39 is 0 Å². The molecule has 1 unspecified atom stereocenters. The zero-order valence-corrected chi connectivity index (χ0v) is 15.4. The van der Waals surface area contributed by atoms with Crippen molar-refractivity contribution in [3.63, 3.8) is 0 Å². The first-order valence-corrected chi connectivity index (χ1v) is 9.02. The topological polar surface area (TPSA) is 41.6 Å². The Bertz CT molecular complexity index is 753. The van der Waals surface area contributed by atoms with Crippen LogP contribution in [0.1, 0.15) is 18.1 Å². The largest absolute Gasteiger partial charge is 0.497 e. The van der Waals surface area contributed by atoms with Crippen LogP contribution in [0, 0.1) is 0 Å². The van der Waals surface area contributed by atoms with Crippen molar-refractivity contribution in [3.05, 3.63) is 71.3 Å². The van der Waals surface area contributed by atoms with Gasteiger partial charge in [0.1, 0.15) is 5.75 Å². The second-order valence-electron chi connectivity index (χ2n) is 6.69. The van der Waals surface area contributed by atoms with Gasteiger partial charge >= 0.3 is 0 Å². The zero-order valence-electron chi connectivity index (χ0n) is 15.4. The molecule has 0 amide bonds. The zero-order chi connectivity index (χ0) is 18.4. The highest BCUT2D eigenvalue weighted by molar-refractivity contribution is 6.02. The summed E-state index contributed by atoms with van der Waals surface area (Å²) in [5.74, 6) is 1.04. The van der Waals surface area contributed by atoms with Crippen molar-refractivity contribution in [1.82, 2.24) is 10.2 Å². The molecule has 136 valence electrons. The molecule has 1 atom stereocenters. The van der Waals surface area contributed by atoms with Crippen molar-refractivity contribution >= 4 is 11.9 Å². The minimum absolute atomic E-state index is 0.151. The van der Waals surface area contributed by atoms with Crippen LogP contribution < -0.4 is 10.1 Å². The van der Waals surface area contributed by atoms with Crippen molar-refractivity contribution in [1.29, 1.82) is 0 Å². The molecule has 1 saturated heterocycles. The molecule has 0 aromatic heterocycles. The maximum Gasteiger partial charge on any atom is 0.176 e. The molecule has 2 aromatic rings. The van der Waals surface area contributed by atoms with Gasteiger partial charge in [0, 0.05) is 26.2 Å². The molecule has 3 rings (SSSR count). The number of benzene rings is 2. The number of hydrogen-bond donors (Lipinski definition) is 1. The monoisotopic (exact) mass is 350 g/mol. The molecular weight excluding hydrogens is 324 g/mol. The van der Waals surface area contributed by atoms with E-state index in [0.29, 0.717) is 0 Å². The van der Waals surface area contributed by atoms with E-state index in [1.54, 1.807) is 7.11 Å². The molecule has 0 saturated carbocycles. The summed E-state index contributed by atoms with van der Waals surface area (Å²) in [6, 6.07) is 18.0. The van der Waals surface area contributed by atoms with Crippen LogP contribution in [0.3, 0.4) is 0 Å². The molecule has 2 aromatic carbocycles. The van der Waals surface area contributed by atoms with Crippen LogP contribution >= 0.6 is 0 Å². The second kappa shape index (κ2) is 8.79. The Kier molecular flexibility index (Phi) is 6.21. The van der Waals surface area contributed by atoms with E-state index >= 15 is 0 Å². The van der Waals surface area contributed by atoms with Crippen LogP contribution in [0.2, 0.25) is 0 Å². The molecule has 0 bridgehead atoms. The molecule has 4 heteroatoms. The van der Waals surface area contributed by atoms with Crippen LogP contribution in [0.4, 0.5) is 0 Å². The molecule has 26 heavy (non-hydrogen) atoms. The fourth-order valence-corrected chi connectivity index (χ4v) is 3.26. The minimum atomic E-state index is -0.151. The summed E-state index contributed by atoms with van der Waals surface area (Å²) in [6.07, 6.45) is 1.96. The quantitative estimate of drug-likeness (QED) is 0.813. The summed E-state index contributed by atoms with van der Waals surface area (Å²) >= 11 is 0. The van der Waals surface area contributed by atoms with Gasteiger partial charge in [0.15, 0.2) is 5.78 Å². The van der Waals surface area contributed by atoms with Crippen LogP contribution in [-0.2, 0) is 11.3 Å². The average Bonchev–Trinajstić information content (AvgIpc) is 2.69. The first kappa shape index (κ1) is 18.4. The van der Waals surface area contributed by atoms with E-state index in [1.807, 2.05) is 55.5 Å². The smallest absolute Gasteiger partial charge is 0.176 e. The van der Waals surface area contributed by atoms with Gasteiger partial charge in [-0.2, -0.15) is 0 Å². The lowest BCUT2D eigenvalue weighted by Gasteiger charge is -2.33. The van der Waals surface area contributed by atoms with Gasteiger partial charge in [-0.25, -0.2) is 0 Å². The molecule has 0 spiro atoms. The summed E-state index contributed by atoms with van der Waals surface area (Å²) < 4.78 is 5.21. The maximum absolute atomic E-state index is 12.8. The lowest BCUT2D eigenvalue weighted by Crippen LogP contribution is -2.53. The molecule has 0 aliphatic carbocycles. The molecule has 1 N–H and O–H groups in total. The van der Waals surface area contributed by atoms with Gasteiger partial charge in [-0.15, -0.1) is 0 Å². The third-order valence-electron chi connectivity index (χ3n) is 4.71. The van der Waals surface area contributed by atoms with Gasteiger partial charge in [-0.3, -0.25) is 9.69 Å². The first-order valence-electron chi connectivity index (χ1n) is 9.02. The van der Waals surface area contributed by atoms with Crippen molar-refractivity contribution in [2.75, 3.05) is 26.7 Å². The van der Waals surface area contributed by atoms with E-state index in [2.05, 4.69) is 22.3 Å². The molecule has 0 radical (unpaired) electrons. The molecule has 4 nitrogen and oxygen atoms in total. The van der Waals surface area contributed by atoms with Gasteiger partial charge in [-0.1, -0.05) is 42.5 Å². The van der Waals surface area contributed by atoms with Crippen molar-refractivity contribution in [2.24, 2.45) is 0 Å². The van der Waals surface area contributed by atoms with Crippen LogP contribution in [0.25, 0.3) is 6.08 Å².